The van der Waals surface area contributed by atoms with Gasteiger partial charge in [0.05, 0.1) is 12.6 Å². The third-order valence-electron chi connectivity index (χ3n) is 5.72. The molecule has 0 saturated carbocycles. The highest BCUT2D eigenvalue weighted by Gasteiger charge is 2.24. The number of amides is 1. The van der Waals surface area contributed by atoms with Crippen LogP contribution in [0.4, 0.5) is 0 Å². The molecule has 4 rings (SSSR count). The van der Waals surface area contributed by atoms with Gasteiger partial charge in [-0.25, -0.2) is 4.79 Å². The van der Waals surface area contributed by atoms with Gasteiger partial charge in [-0.2, -0.15) is 0 Å². The summed E-state index contributed by atoms with van der Waals surface area (Å²) in [7, 11) is 0. The first-order valence-corrected chi connectivity index (χ1v) is 10.9. The van der Waals surface area contributed by atoms with Gasteiger partial charge in [-0.1, -0.05) is 60.7 Å². The van der Waals surface area contributed by atoms with Gasteiger partial charge in [-0.15, -0.1) is 0 Å². The van der Waals surface area contributed by atoms with Gasteiger partial charge in [0.2, 0.25) is 0 Å². The Morgan fingerprint density at radius 2 is 1.72 bits per heavy atom. The van der Waals surface area contributed by atoms with Crippen LogP contribution in [-0.4, -0.2) is 39.6 Å². The molecule has 3 aromatic rings. The van der Waals surface area contributed by atoms with E-state index in [0.717, 1.165) is 28.5 Å². The highest BCUT2D eigenvalue weighted by Crippen LogP contribution is 2.13. The molecule has 0 radical (unpaired) electrons. The first kappa shape index (κ1) is 21.8. The normalized spacial score (nSPS) is 15.6. The molecule has 1 aromatic heterocycles. The summed E-state index contributed by atoms with van der Waals surface area (Å²) in [6, 6.07) is 19.6. The summed E-state index contributed by atoms with van der Waals surface area (Å²) in [5.41, 5.74) is 0.938. The fraction of sp³-hybridized carbons (Fsp3) is 0.320. The van der Waals surface area contributed by atoms with Crippen molar-refractivity contribution in [3.8, 4) is 0 Å². The number of nitrogens with one attached hydrogen (secondary N) is 1. The monoisotopic (exact) mass is 433 g/mol. The summed E-state index contributed by atoms with van der Waals surface area (Å²) in [6.45, 7) is 1.59. The molecule has 7 heteroatoms. The van der Waals surface area contributed by atoms with Crippen molar-refractivity contribution in [3.63, 3.8) is 0 Å². The minimum atomic E-state index is -0.577. The Hall–Kier alpha value is -3.45. The zero-order valence-electron chi connectivity index (χ0n) is 17.9. The molecule has 0 aliphatic carbocycles. The van der Waals surface area contributed by atoms with E-state index < -0.39 is 17.2 Å². The zero-order valence-corrected chi connectivity index (χ0v) is 17.9. The molecule has 7 nitrogen and oxygen atoms in total. The van der Waals surface area contributed by atoms with E-state index in [0.29, 0.717) is 26.1 Å². The quantitative estimate of drug-likeness (QED) is 0.592. The summed E-state index contributed by atoms with van der Waals surface area (Å²) in [6.07, 6.45) is 3.41. The first-order valence-electron chi connectivity index (χ1n) is 10.9. The Morgan fingerprint density at radius 1 is 1.03 bits per heavy atom. The SMILES string of the molecule is O=C(c1c[nH]c(=O)n(CC2CCCO2)c1=O)N(CCc1ccccc1)Cc1ccccc1. The average Bonchev–Trinajstić information content (AvgIpc) is 3.34. The molecule has 0 spiro atoms. The number of ether oxygens (including phenoxy) is 1. The van der Waals surface area contributed by atoms with Crippen LogP contribution >= 0.6 is 0 Å². The molecule has 0 bridgehead atoms. The largest absolute Gasteiger partial charge is 0.376 e. The van der Waals surface area contributed by atoms with Gasteiger partial charge in [0.1, 0.15) is 5.56 Å². The van der Waals surface area contributed by atoms with Crippen LogP contribution in [-0.2, 0) is 24.2 Å². The van der Waals surface area contributed by atoms with Crippen LogP contribution in [0.1, 0.15) is 34.3 Å². The number of carbonyl (C=O) groups excluding carboxylic acids is 1. The maximum atomic E-state index is 13.5. The smallest absolute Gasteiger partial charge is 0.328 e. The fourth-order valence-electron chi connectivity index (χ4n) is 3.96. The van der Waals surface area contributed by atoms with Gasteiger partial charge in [-0.05, 0) is 30.4 Å². The van der Waals surface area contributed by atoms with Crippen LogP contribution in [0.5, 0.6) is 0 Å². The van der Waals surface area contributed by atoms with Crippen molar-refractivity contribution < 1.29 is 9.53 Å². The van der Waals surface area contributed by atoms with Gasteiger partial charge in [0.25, 0.3) is 11.5 Å². The molecule has 1 fully saturated rings. The maximum Gasteiger partial charge on any atom is 0.328 e. The van der Waals surface area contributed by atoms with E-state index in [2.05, 4.69) is 4.98 Å². The van der Waals surface area contributed by atoms with E-state index in [1.54, 1.807) is 4.90 Å². The average molecular weight is 434 g/mol. The van der Waals surface area contributed by atoms with Crippen LogP contribution in [0, 0.1) is 0 Å². The molecule has 1 amide bonds. The lowest BCUT2D eigenvalue weighted by molar-refractivity contribution is 0.0738. The maximum absolute atomic E-state index is 13.5. The van der Waals surface area contributed by atoms with Crippen LogP contribution in [0.2, 0.25) is 0 Å². The van der Waals surface area contributed by atoms with Crippen molar-refractivity contribution in [2.45, 2.75) is 38.5 Å². The summed E-state index contributed by atoms with van der Waals surface area (Å²) in [5, 5.41) is 0. The van der Waals surface area contributed by atoms with Crippen molar-refractivity contribution in [2.24, 2.45) is 0 Å². The Bertz CT molecular complexity index is 1150. The highest BCUT2D eigenvalue weighted by molar-refractivity contribution is 5.93. The number of hydrogen-bond acceptors (Lipinski definition) is 4. The molecule has 2 aromatic carbocycles. The van der Waals surface area contributed by atoms with Crippen molar-refractivity contribution in [3.05, 3.63) is 104 Å². The summed E-state index contributed by atoms with van der Waals surface area (Å²) >= 11 is 0. The van der Waals surface area contributed by atoms with E-state index in [1.807, 2.05) is 60.7 Å². The van der Waals surface area contributed by atoms with Gasteiger partial charge < -0.3 is 14.6 Å². The van der Waals surface area contributed by atoms with Crippen molar-refractivity contribution in [1.29, 1.82) is 0 Å². The summed E-state index contributed by atoms with van der Waals surface area (Å²) < 4.78 is 6.66. The Kier molecular flexibility index (Phi) is 6.97. The lowest BCUT2D eigenvalue weighted by atomic mass is 10.1. The second kappa shape index (κ2) is 10.2. The van der Waals surface area contributed by atoms with Crippen LogP contribution in [0.15, 0.2) is 76.4 Å². The van der Waals surface area contributed by atoms with Crippen LogP contribution < -0.4 is 11.2 Å². The van der Waals surface area contributed by atoms with E-state index in [9.17, 15) is 14.4 Å². The minimum absolute atomic E-state index is 0.0356. The second-order valence-corrected chi connectivity index (χ2v) is 8.01. The van der Waals surface area contributed by atoms with Gasteiger partial charge >= 0.3 is 5.69 Å². The molecular formula is C25H27N3O4. The van der Waals surface area contributed by atoms with Crippen molar-refractivity contribution >= 4 is 5.91 Å². The number of aromatic nitrogens is 2. The van der Waals surface area contributed by atoms with Crippen LogP contribution in [0.25, 0.3) is 0 Å². The molecule has 1 atom stereocenters. The number of benzene rings is 2. The Labute approximate surface area is 186 Å². The molecule has 32 heavy (non-hydrogen) atoms. The summed E-state index contributed by atoms with van der Waals surface area (Å²) in [5.74, 6) is -0.396. The molecular weight excluding hydrogens is 406 g/mol. The number of hydrogen-bond donors (Lipinski definition) is 1. The topological polar surface area (TPSA) is 84.4 Å². The molecule has 1 N–H and O–H groups in total. The number of carbonyl (C=O) groups is 1. The molecule has 1 unspecified atom stereocenters. The molecule has 1 aliphatic rings. The van der Waals surface area contributed by atoms with E-state index in [1.165, 1.54) is 6.20 Å². The molecule has 1 saturated heterocycles. The second-order valence-electron chi connectivity index (χ2n) is 8.01. The number of nitrogens with zero attached hydrogens (tertiary/aromatic N) is 2. The third kappa shape index (κ3) is 5.23. The first-order chi connectivity index (χ1) is 15.6. The third-order valence-corrected chi connectivity index (χ3v) is 5.72. The Morgan fingerprint density at radius 3 is 2.38 bits per heavy atom. The Balaban J connectivity index is 1.60. The predicted molar refractivity (Wildman–Crippen MR) is 122 cm³/mol. The van der Waals surface area contributed by atoms with Crippen molar-refractivity contribution in [1.82, 2.24) is 14.5 Å². The minimum Gasteiger partial charge on any atom is -0.376 e. The molecule has 1 aliphatic heterocycles. The fourth-order valence-corrected chi connectivity index (χ4v) is 3.96. The highest BCUT2D eigenvalue weighted by atomic mass is 16.5. The van der Waals surface area contributed by atoms with Gasteiger partial charge in [-0.3, -0.25) is 14.2 Å². The lowest BCUT2D eigenvalue weighted by Gasteiger charge is -2.23. The van der Waals surface area contributed by atoms with E-state index in [4.69, 9.17) is 4.74 Å². The van der Waals surface area contributed by atoms with Gasteiger partial charge in [0, 0.05) is 25.9 Å². The standard InChI is InChI=1S/C25H27N3O4/c29-23(22-16-26-25(31)28(24(22)30)18-21-12-7-15-32-21)27(17-20-10-5-2-6-11-20)14-13-19-8-3-1-4-9-19/h1-6,8-11,16,21H,7,12-15,17-18H2,(H,26,31). The molecule has 2 heterocycles. The number of rotatable bonds is 8. The molecule has 166 valence electrons. The summed E-state index contributed by atoms with van der Waals surface area (Å²) in [4.78, 5) is 43.1. The lowest BCUT2D eigenvalue weighted by Crippen LogP contribution is -2.44. The van der Waals surface area contributed by atoms with Crippen molar-refractivity contribution in [2.75, 3.05) is 13.2 Å². The van der Waals surface area contributed by atoms with E-state index >= 15 is 0 Å². The van der Waals surface area contributed by atoms with Crippen LogP contribution in [0.3, 0.4) is 0 Å². The predicted octanol–water partition coefficient (Wildman–Crippen LogP) is 2.60. The zero-order chi connectivity index (χ0) is 22.3. The number of H-pyrrole nitrogens is 1. The number of aromatic amines is 1. The van der Waals surface area contributed by atoms with E-state index in [-0.39, 0.29) is 18.2 Å². The van der Waals surface area contributed by atoms with Gasteiger partial charge in [0.15, 0.2) is 0 Å².